The van der Waals surface area contributed by atoms with Crippen molar-refractivity contribution >= 4 is 27.2 Å². The Balaban J connectivity index is 5.40. The number of amides is 1. The van der Waals surface area contributed by atoms with E-state index in [4.69, 9.17) is 0 Å². The summed E-state index contributed by atoms with van der Waals surface area (Å²) in [5.41, 5.74) is 0. The average Bonchev–Trinajstić information content (AvgIpc) is 1.96. The fourth-order valence-electron chi connectivity index (χ4n) is 0.954. The van der Waals surface area contributed by atoms with Crippen LogP contribution in [-0.2, 0) is 24.1 Å². The number of alkyl halides is 3. The zero-order valence-corrected chi connectivity index (χ0v) is 9.85. The van der Waals surface area contributed by atoms with Gasteiger partial charge in [0, 0.05) is 0 Å². The maximum Gasteiger partial charge on any atom is 0.474 e. The molecule has 0 N–H and O–H groups in total. The first-order valence-electron chi connectivity index (χ1n) is 4.29. The van der Waals surface area contributed by atoms with E-state index in [2.05, 4.69) is 4.36 Å². The Morgan fingerprint density at radius 3 is 1.65 bits per heavy atom. The van der Waals surface area contributed by atoms with Gasteiger partial charge in [0.25, 0.3) is 0 Å². The molecule has 0 aliphatic heterocycles. The van der Waals surface area contributed by atoms with Crippen molar-refractivity contribution < 1.29 is 31.8 Å². The van der Waals surface area contributed by atoms with Gasteiger partial charge in [-0.1, -0.05) is 0 Å². The van der Waals surface area contributed by atoms with Crippen molar-refractivity contribution in [2.75, 3.05) is 11.5 Å². The van der Waals surface area contributed by atoms with Crippen LogP contribution < -0.4 is 0 Å². The van der Waals surface area contributed by atoms with Gasteiger partial charge >= 0.3 is 12.1 Å². The normalized spacial score (nSPS) is 12.1. The number of nitrogens with zero attached hydrogens (tertiary/aromatic N) is 1. The molecular formula is C8H10F3NO4S. The molecule has 98 valence electrons. The molecule has 1 amide bonds. The Morgan fingerprint density at radius 1 is 1.06 bits per heavy atom. The Hall–Kier alpha value is -1.25. The number of hydrogen-bond acceptors (Lipinski definition) is 4. The van der Waals surface area contributed by atoms with Gasteiger partial charge in [0.15, 0.2) is 0 Å². The lowest BCUT2D eigenvalue weighted by molar-refractivity contribution is -0.169. The Bertz CT molecular complexity index is 438. The van der Waals surface area contributed by atoms with Crippen LogP contribution in [0.5, 0.6) is 0 Å². The van der Waals surface area contributed by atoms with E-state index in [9.17, 15) is 31.8 Å². The molecule has 0 aromatic carbocycles. The van der Waals surface area contributed by atoms with Gasteiger partial charge in [0.05, 0.1) is 21.2 Å². The smallest absolute Gasteiger partial charge is 0.299 e. The topological polar surface area (TPSA) is 80.6 Å². The van der Waals surface area contributed by atoms with E-state index >= 15 is 0 Å². The summed E-state index contributed by atoms with van der Waals surface area (Å²) in [5, 5.41) is 0. The fourth-order valence-corrected chi connectivity index (χ4v) is 2.86. The molecule has 0 atom stereocenters. The first kappa shape index (κ1) is 15.8. The monoisotopic (exact) mass is 273 g/mol. The highest BCUT2D eigenvalue weighted by Crippen LogP contribution is 2.18. The molecule has 0 aromatic rings. The van der Waals surface area contributed by atoms with Crippen LogP contribution in [0.1, 0.15) is 13.8 Å². The Kier molecular flexibility index (Phi) is 4.99. The van der Waals surface area contributed by atoms with Crippen LogP contribution in [0.2, 0.25) is 0 Å². The summed E-state index contributed by atoms with van der Waals surface area (Å²) in [5.74, 6) is -5.68. The van der Waals surface area contributed by atoms with E-state index < -0.39 is 44.9 Å². The third kappa shape index (κ3) is 6.15. The second-order valence-electron chi connectivity index (χ2n) is 3.36. The van der Waals surface area contributed by atoms with Crippen LogP contribution in [0, 0.1) is 0 Å². The van der Waals surface area contributed by atoms with Gasteiger partial charge in [-0.05, 0) is 13.8 Å². The predicted octanol–water partition coefficient (Wildman–Crippen LogP) is 0.721. The molecule has 0 fully saturated rings. The predicted molar refractivity (Wildman–Crippen MR) is 52.7 cm³/mol. The van der Waals surface area contributed by atoms with Gasteiger partial charge in [0.1, 0.15) is 11.6 Å². The summed E-state index contributed by atoms with van der Waals surface area (Å²) in [6, 6.07) is 0. The maximum absolute atomic E-state index is 11.9. The lowest BCUT2D eigenvalue weighted by Gasteiger charge is -2.06. The summed E-state index contributed by atoms with van der Waals surface area (Å²) in [7, 11) is -3.81. The van der Waals surface area contributed by atoms with Crippen molar-refractivity contribution in [3.63, 3.8) is 0 Å². The van der Waals surface area contributed by atoms with Crippen molar-refractivity contribution in [3.05, 3.63) is 0 Å². The molecule has 0 saturated carbocycles. The molecule has 0 unspecified atom stereocenters. The standard InChI is InChI=1S/C8H10F3NO4S/c1-5(13)3-17(16,4-6(2)14)12-7(15)8(9,10)11/h3-4H2,1-2H3. The van der Waals surface area contributed by atoms with Gasteiger partial charge in [-0.25, -0.2) is 4.21 Å². The van der Waals surface area contributed by atoms with Gasteiger partial charge < -0.3 is 0 Å². The highest BCUT2D eigenvalue weighted by molar-refractivity contribution is 7.95. The lowest BCUT2D eigenvalue weighted by Crippen LogP contribution is -2.27. The molecule has 17 heavy (non-hydrogen) atoms. The second kappa shape index (κ2) is 5.39. The molecule has 0 aromatic heterocycles. The van der Waals surface area contributed by atoms with Gasteiger partial charge in [-0.2, -0.15) is 17.5 Å². The summed E-state index contributed by atoms with van der Waals surface area (Å²) >= 11 is 0. The van der Waals surface area contributed by atoms with Crippen LogP contribution in [0.25, 0.3) is 0 Å². The SMILES string of the molecule is CC(=O)CS(=O)(CC(C)=O)=NC(=O)C(F)(F)F. The minimum atomic E-state index is -5.27. The first-order chi connectivity index (χ1) is 7.46. The first-order valence-corrected chi connectivity index (χ1v) is 6.14. The van der Waals surface area contributed by atoms with Crippen molar-refractivity contribution in [1.29, 1.82) is 0 Å². The molecule has 0 bridgehead atoms. The van der Waals surface area contributed by atoms with Gasteiger partial charge in [-0.15, -0.1) is 0 Å². The minimum Gasteiger partial charge on any atom is -0.299 e. The number of Topliss-reactive ketones (excluding diaryl/α,β-unsaturated/α-hetero) is 2. The van der Waals surface area contributed by atoms with Crippen molar-refractivity contribution in [3.8, 4) is 0 Å². The van der Waals surface area contributed by atoms with Gasteiger partial charge in [0.2, 0.25) is 0 Å². The molecule has 9 heteroatoms. The van der Waals surface area contributed by atoms with Crippen LogP contribution in [0.15, 0.2) is 4.36 Å². The van der Waals surface area contributed by atoms with E-state index in [-0.39, 0.29) is 0 Å². The van der Waals surface area contributed by atoms with Gasteiger partial charge in [-0.3, -0.25) is 14.4 Å². The Labute approximate surface area is 95.6 Å². The molecule has 0 rings (SSSR count). The lowest BCUT2D eigenvalue weighted by atomic mass is 10.5. The van der Waals surface area contributed by atoms with E-state index in [0.717, 1.165) is 13.8 Å². The fraction of sp³-hybridized carbons (Fsp3) is 0.625. The highest BCUT2D eigenvalue weighted by Gasteiger charge is 2.40. The zero-order valence-electron chi connectivity index (χ0n) is 9.04. The highest BCUT2D eigenvalue weighted by atomic mass is 32.2. The molecule has 0 aliphatic carbocycles. The number of carbonyl (C=O) groups excluding carboxylic acids is 3. The number of halogens is 3. The Morgan fingerprint density at radius 2 is 1.41 bits per heavy atom. The van der Waals surface area contributed by atoms with Crippen LogP contribution in [0.4, 0.5) is 13.2 Å². The molecular weight excluding hydrogens is 263 g/mol. The zero-order chi connectivity index (χ0) is 13.9. The van der Waals surface area contributed by atoms with Crippen LogP contribution >= 0.6 is 0 Å². The van der Waals surface area contributed by atoms with Crippen LogP contribution in [-0.4, -0.2) is 39.4 Å². The van der Waals surface area contributed by atoms with Crippen molar-refractivity contribution in [2.24, 2.45) is 4.36 Å². The van der Waals surface area contributed by atoms with E-state index in [0.29, 0.717) is 0 Å². The van der Waals surface area contributed by atoms with E-state index in [1.54, 1.807) is 0 Å². The largest absolute Gasteiger partial charge is 0.474 e. The van der Waals surface area contributed by atoms with E-state index in [1.807, 2.05) is 0 Å². The number of hydrogen-bond donors (Lipinski definition) is 0. The average molecular weight is 273 g/mol. The number of rotatable bonds is 4. The van der Waals surface area contributed by atoms with Crippen molar-refractivity contribution in [1.82, 2.24) is 0 Å². The molecule has 0 spiro atoms. The molecule has 5 nitrogen and oxygen atoms in total. The summed E-state index contributed by atoms with van der Waals surface area (Å²) in [6.07, 6.45) is -5.27. The third-order valence-corrected chi connectivity index (χ3v) is 3.56. The number of carbonyl (C=O) groups is 3. The summed E-state index contributed by atoms with van der Waals surface area (Å²) < 4.78 is 50.0. The second-order valence-corrected chi connectivity index (χ2v) is 5.66. The molecule has 0 radical (unpaired) electrons. The third-order valence-electron chi connectivity index (χ3n) is 1.35. The summed E-state index contributed by atoms with van der Waals surface area (Å²) in [6.45, 7) is 1.96. The van der Waals surface area contributed by atoms with Crippen molar-refractivity contribution in [2.45, 2.75) is 20.0 Å². The molecule has 0 heterocycles. The summed E-state index contributed by atoms with van der Waals surface area (Å²) in [4.78, 5) is 32.0. The van der Waals surface area contributed by atoms with E-state index in [1.165, 1.54) is 0 Å². The molecule has 0 saturated heterocycles. The minimum absolute atomic E-state index is 0.713. The molecule has 0 aliphatic rings. The maximum atomic E-state index is 11.9. The quantitative estimate of drug-likeness (QED) is 0.756. The van der Waals surface area contributed by atoms with Crippen LogP contribution in [0.3, 0.4) is 0 Å². The number of ketones is 2.